The summed E-state index contributed by atoms with van der Waals surface area (Å²) in [5.74, 6) is -1.64. The van der Waals surface area contributed by atoms with Gasteiger partial charge in [0.05, 0.1) is 17.7 Å². The molecular weight excluding hydrogens is 398 g/mol. The average Bonchev–Trinajstić information content (AvgIpc) is 2.60. The van der Waals surface area contributed by atoms with Gasteiger partial charge in [0.1, 0.15) is 11.4 Å². The predicted molar refractivity (Wildman–Crippen MR) is 101 cm³/mol. The Morgan fingerprint density at radius 2 is 1.89 bits per heavy atom. The summed E-state index contributed by atoms with van der Waals surface area (Å²) in [6, 6.07) is 8.06. The summed E-state index contributed by atoms with van der Waals surface area (Å²) in [4.78, 5) is 23.2. The van der Waals surface area contributed by atoms with Crippen LogP contribution in [0, 0.1) is 0 Å². The summed E-state index contributed by atoms with van der Waals surface area (Å²) in [6.45, 7) is 0. The third kappa shape index (κ3) is 5.05. The second-order valence-electron chi connectivity index (χ2n) is 5.08. The van der Waals surface area contributed by atoms with Gasteiger partial charge >= 0.3 is 5.97 Å². The third-order valence-corrected chi connectivity index (χ3v) is 3.86. The average molecular weight is 412 g/mol. The molecule has 0 aliphatic heterocycles. The van der Waals surface area contributed by atoms with Crippen LogP contribution in [0.3, 0.4) is 0 Å². The van der Waals surface area contributed by atoms with E-state index in [1.165, 1.54) is 43.5 Å². The minimum absolute atomic E-state index is 0.00686. The van der Waals surface area contributed by atoms with Crippen molar-refractivity contribution in [2.45, 2.75) is 0 Å². The Kier molecular flexibility index (Phi) is 6.53. The number of carbonyl (C=O) groups is 2. The summed E-state index contributed by atoms with van der Waals surface area (Å²) >= 11 is 10.9. The van der Waals surface area contributed by atoms with Crippen LogP contribution in [-0.2, 0) is 0 Å². The smallest absolute Gasteiger partial charge is 0.337 e. The van der Waals surface area contributed by atoms with E-state index in [1.54, 1.807) is 0 Å². The molecule has 0 aliphatic carbocycles. The predicted octanol–water partition coefficient (Wildman–Crippen LogP) is 2.76. The van der Waals surface area contributed by atoms with Crippen molar-refractivity contribution in [2.24, 2.45) is 0 Å². The number of amides is 1. The maximum Gasteiger partial charge on any atom is 0.337 e. The highest BCUT2D eigenvalue weighted by molar-refractivity contribution is 7.80. The van der Waals surface area contributed by atoms with Gasteiger partial charge in [0.15, 0.2) is 5.11 Å². The monoisotopic (exact) mass is 411 g/mol. The van der Waals surface area contributed by atoms with E-state index < -0.39 is 11.9 Å². The lowest BCUT2D eigenvalue weighted by atomic mass is 10.1. The first-order chi connectivity index (χ1) is 12.7. The maximum absolute atomic E-state index is 12.3. The minimum Gasteiger partial charge on any atom is -0.494 e. The Balaban J connectivity index is 2.10. The van der Waals surface area contributed by atoms with Crippen molar-refractivity contribution >= 4 is 52.2 Å². The van der Waals surface area contributed by atoms with Crippen LogP contribution in [0.25, 0.3) is 0 Å². The number of nitrogens with one attached hydrogen (secondary N) is 2. The molecule has 0 fully saturated rings. The normalized spacial score (nSPS) is 10.1. The largest absolute Gasteiger partial charge is 0.494 e. The van der Waals surface area contributed by atoms with Crippen LogP contribution in [-0.4, -0.2) is 39.6 Å². The van der Waals surface area contributed by atoms with Crippen molar-refractivity contribution in [3.05, 3.63) is 52.5 Å². The lowest BCUT2D eigenvalue weighted by Crippen LogP contribution is -2.34. The molecule has 9 nitrogen and oxygen atoms in total. The number of aromatic carboxylic acids is 1. The molecule has 0 saturated heterocycles. The van der Waals surface area contributed by atoms with E-state index >= 15 is 0 Å². The number of carbonyl (C=O) groups excluding carboxylic acids is 1. The Hall–Kier alpha value is -2.92. The van der Waals surface area contributed by atoms with Crippen molar-refractivity contribution in [2.75, 3.05) is 17.7 Å². The van der Waals surface area contributed by atoms with E-state index in [2.05, 4.69) is 10.6 Å². The second-order valence-corrected chi connectivity index (χ2v) is 5.90. The molecule has 27 heavy (non-hydrogen) atoms. The standard InChI is InChI=1S/C16H14ClN3O6S/c1-26-13-5-2-8(6-12(13)20(24)25)14(21)19-16(27)18-9-3-4-10(15(22)23)11(17)7-9/h2-7,24-25H,1H3,(H,22,23)(H2,18,19,21,27). The zero-order valence-electron chi connectivity index (χ0n) is 13.8. The second kappa shape index (κ2) is 8.64. The molecule has 0 atom stereocenters. The zero-order chi connectivity index (χ0) is 20.1. The number of carboxylic acid groups (broad SMARTS) is 1. The summed E-state index contributed by atoms with van der Waals surface area (Å²) in [5.41, 5.74) is 0.255. The number of hydrogen-bond donors (Lipinski definition) is 5. The highest BCUT2D eigenvalue weighted by Crippen LogP contribution is 2.27. The quantitative estimate of drug-likeness (QED) is 0.372. The first-order valence-electron chi connectivity index (χ1n) is 7.24. The molecule has 0 saturated carbocycles. The van der Waals surface area contributed by atoms with Crippen LogP contribution in [0.4, 0.5) is 11.4 Å². The van der Waals surface area contributed by atoms with Gasteiger partial charge in [0, 0.05) is 11.3 Å². The van der Waals surface area contributed by atoms with E-state index in [4.69, 9.17) is 33.7 Å². The number of nitrogens with zero attached hydrogens (tertiary/aromatic N) is 1. The van der Waals surface area contributed by atoms with Gasteiger partial charge in [-0.2, -0.15) is 0 Å². The maximum atomic E-state index is 12.3. The van der Waals surface area contributed by atoms with E-state index in [1.807, 2.05) is 0 Å². The van der Waals surface area contributed by atoms with Gasteiger partial charge in [-0.25, -0.2) is 4.79 Å². The number of ether oxygens (including phenoxy) is 1. The van der Waals surface area contributed by atoms with E-state index in [0.717, 1.165) is 0 Å². The van der Waals surface area contributed by atoms with Gasteiger partial charge < -0.3 is 15.2 Å². The Morgan fingerprint density at radius 1 is 1.19 bits per heavy atom. The molecule has 0 spiro atoms. The molecule has 142 valence electrons. The van der Waals surface area contributed by atoms with Crippen LogP contribution >= 0.6 is 23.8 Å². The van der Waals surface area contributed by atoms with E-state index in [-0.39, 0.29) is 37.9 Å². The van der Waals surface area contributed by atoms with Gasteiger partial charge in [0.2, 0.25) is 0 Å². The molecule has 2 rings (SSSR count). The van der Waals surface area contributed by atoms with Crippen molar-refractivity contribution < 1.29 is 29.8 Å². The van der Waals surface area contributed by atoms with Crippen molar-refractivity contribution in [1.82, 2.24) is 5.32 Å². The molecule has 5 N–H and O–H groups in total. The third-order valence-electron chi connectivity index (χ3n) is 3.34. The summed E-state index contributed by atoms with van der Waals surface area (Å²) in [7, 11) is 1.34. The Labute approximate surface area is 163 Å². The number of methoxy groups -OCH3 is 1. The highest BCUT2D eigenvalue weighted by Gasteiger charge is 2.15. The fourth-order valence-electron chi connectivity index (χ4n) is 2.09. The highest BCUT2D eigenvalue weighted by atomic mass is 35.5. The van der Waals surface area contributed by atoms with Crippen molar-refractivity contribution in [1.29, 1.82) is 0 Å². The number of halogens is 1. The molecule has 0 bridgehead atoms. The molecule has 1 amide bonds. The van der Waals surface area contributed by atoms with Crippen LogP contribution < -0.4 is 20.6 Å². The van der Waals surface area contributed by atoms with Crippen LogP contribution in [0.5, 0.6) is 5.75 Å². The zero-order valence-corrected chi connectivity index (χ0v) is 15.3. The SMILES string of the molecule is COc1ccc(C(=O)NC(=S)Nc2ccc(C(=O)O)c(Cl)c2)cc1N(O)O. The van der Waals surface area contributed by atoms with Gasteiger partial charge in [0.25, 0.3) is 5.91 Å². The molecule has 0 heterocycles. The number of thiocarbonyl (C=S) groups is 1. The van der Waals surface area contributed by atoms with Gasteiger partial charge in [-0.15, -0.1) is 5.23 Å². The Morgan fingerprint density at radius 3 is 2.44 bits per heavy atom. The number of anilines is 2. The topological polar surface area (TPSA) is 131 Å². The van der Waals surface area contributed by atoms with Crippen molar-refractivity contribution in [3.8, 4) is 5.75 Å². The molecule has 0 aromatic heterocycles. The van der Waals surface area contributed by atoms with Gasteiger partial charge in [-0.05, 0) is 48.6 Å². The lowest BCUT2D eigenvalue weighted by molar-refractivity contribution is 0.0279. The van der Waals surface area contributed by atoms with Crippen LogP contribution in [0.15, 0.2) is 36.4 Å². The molecule has 2 aromatic carbocycles. The summed E-state index contributed by atoms with van der Waals surface area (Å²) < 4.78 is 4.95. The lowest BCUT2D eigenvalue weighted by Gasteiger charge is -2.14. The first-order valence-corrected chi connectivity index (χ1v) is 8.02. The first kappa shape index (κ1) is 20.4. The molecule has 0 radical (unpaired) electrons. The molecular formula is C16H14ClN3O6S. The van der Waals surface area contributed by atoms with E-state index in [9.17, 15) is 20.0 Å². The van der Waals surface area contributed by atoms with E-state index in [0.29, 0.717) is 5.69 Å². The molecule has 11 heteroatoms. The molecule has 2 aromatic rings. The van der Waals surface area contributed by atoms with Crippen LogP contribution in [0.2, 0.25) is 5.02 Å². The minimum atomic E-state index is -1.17. The number of rotatable bonds is 5. The molecule has 0 unspecified atom stereocenters. The fourth-order valence-corrected chi connectivity index (χ4v) is 2.56. The number of carboxylic acids is 1. The van der Waals surface area contributed by atoms with Crippen molar-refractivity contribution in [3.63, 3.8) is 0 Å². The summed E-state index contributed by atoms with van der Waals surface area (Å²) in [6.07, 6.45) is 0. The number of hydrogen-bond acceptors (Lipinski definition) is 7. The fraction of sp³-hybridized carbons (Fsp3) is 0.0625. The van der Waals surface area contributed by atoms with Gasteiger partial charge in [-0.1, -0.05) is 11.6 Å². The van der Waals surface area contributed by atoms with Crippen LogP contribution in [0.1, 0.15) is 20.7 Å². The number of benzene rings is 2. The van der Waals surface area contributed by atoms with Gasteiger partial charge in [-0.3, -0.25) is 20.5 Å². The summed E-state index contributed by atoms with van der Waals surface area (Å²) in [5, 5.41) is 32.2. The Bertz CT molecular complexity index is 906. The molecule has 0 aliphatic rings.